The number of rotatable bonds is 4. The van der Waals surface area contributed by atoms with Crippen molar-refractivity contribution in [3.63, 3.8) is 0 Å². The SMILES string of the molecule is O=C(NCc1nnnn1-c1ccccc1)c1cc2c(s1)C1(CCNCC1)OCC2. The third-order valence-electron chi connectivity index (χ3n) is 5.55. The van der Waals surface area contributed by atoms with Gasteiger partial charge in [-0.05, 0) is 66.5 Å². The standard InChI is InChI=1S/C20H22N6O2S/c27-19(22-13-17-23-24-25-26(17)15-4-2-1-3-5-15)16-12-14-6-11-28-20(18(14)29-16)7-9-21-10-8-20/h1-5,12,21H,6-11,13H2,(H,22,27). The molecule has 2 N–H and O–H groups in total. The molecule has 2 aliphatic heterocycles. The Morgan fingerprint density at radius 1 is 1.28 bits per heavy atom. The minimum Gasteiger partial charge on any atom is -0.369 e. The summed E-state index contributed by atoms with van der Waals surface area (Å²) in [7, 11) is 0. The fraction of sp³-hybridized carbons (Fsp3) is 0.400. The van der Waals surface area contributed by atoms with Crippen molar-refractivity contribution in [3.05, 3.63) is 57.5 Å². The van der Waals surface area contributed by atoms with Crippen molar-refractivity contribution < 1.29 is 9.53 Å². The number of thiophene rings is 1. The van der Waals surface area contributed by atoms with Crippen LogP contribution in [0.4, 0.5) is 0 Å². The largest absolute Gasteiger partial charge is 0.369 e. The number of amides is 1. The van der Waals surface area contributed by atoms with E-state index < -0.39 is 0 Å². The Balaban J connectivity index is 1.33. The van der Waals surface area contributed by atoms with Gasteiger partial charge in [0.05, 0.1) is 23.7 Å². The third-order valence-corrected chi connectivity index (χ3v) is 6.91. The molecule has 0 bridgehead atoms. The number of piperidine rings is 1. The smallest absolute Gasteiger partial charge is 0.261 e. The third kappa shape index (κ3) is 3.45. The lowest BCUT2D eigenvalue weighted by molar-refractivity contribution is -0.0771. The summed E-state index contributed by atoms with van der Waals surface area (Å²) in [4.78, 5) is 14.8. The lowest BCUT2D eigenvalue weighted by atomic mass is 9.86. The molecule has 4 heterocycles. The van der Waals surface area contributed by atoms with E-state index in [-0.39, 0.29) is 18.1 Å². The van der Waals surface area contributed by atoms with Gasteiger partial charge in [-0.25, -0.2) is 0 Å². The van der Waals surface area contributed by atoms with Gasteiger partial charge in [-0.3, -0.25) is 4.79 Å². The van der Waals surface area contributed by atoms with E-state index in [0.717, 1.165) is 49.5 Å². The Morgan fingerprint density at radius 3 is 2.93 bits per heavy atom. The predicted molar refractivity (Wildman–Crippen MR) is 108 cm³/mol. The van der Waals surface area contributed by atoms with Crippen LogP contribution in [0.2, 0.25) is 0 Å². The average molecular weight is 411 g/mol. The first kappa shape index (κ1) is 18.4. The molecule has 150 valence electrons. The first-order valence-corrected chi connectivity index (χ1v) is 10.7. The highest BCUT2D eigenvalue weighted by atomic mass is 32.1. The Hall–Kier alpha value is -2.62. The zero-order valence-corrected chi connectivity index (χ0v) is 16.7. The molecule has 1 fully saturated rings. The Morgan fingerprint density at radius 2 is 2.10 bits per heavy atom. The van der Waals surface area contributed by atoms with Gasteiger partial charge < -0.3 is 15.4 Å². The summed E-state index contributed by atoms with van der Waals surface area (Å²) in [6, 6.07) is 11.7. The summed E-state index contributed by atoms with van der Waals surface area (Å²) in [5.74, 6) is 0.486. The summed E-state index contributed by atoms with van der Waals surface area (Å²) in [6.07, 6.45) is 2.77. The highest BCUT2D eigenvalue weighted by Gasteiger charge is 2.41. The van der Waals surface area contributed by atoms with Crippen molar-refractivity contribution in [1.82, 2.24) is 30.8 Å². The van der Waals surface area contributed by atoms with Crippen LogP contribution < -0.4 is 10.6 Å². The monoisotopic (exact) mass is 410 g/mol. The number of hydrogen-bond acceptors (Lipinski definition) is 7. The van der Waals surface area contributed by atoms with E-state index in [4.69, 9.17) is 4.74 Å². The van der Waals surface area contributed by atoms with Crippen molar-refractivity contribution in [2.45, 2.75) is 31.4 Å². The van der Waals surface area contributed by atoms with E-state index in [0.29, 0.717) is 5.82 Å². The molecule has 9 heteroatoms. The summed E-state index contributed by atoms with van der Waals surface area (Å²) >= 11 is 1.56. The minimum absolute atomic E-state index is 0.101. The van der Waals surface area contributed by atoms with E-state index in [2.05, 4.69) is 26.2 Å². The van der Waals surface area contributed by atoms with Crippen LogP contribution >= 0.6 is 11.3 Å². The molecule has 1 saturated heterocycles. The molecule has 8 nitrogen and oxygen atoms in total. The fourth-order valence-corrected chi connectivity index (χ4v) is 5.40. The second-order valence-corrected chi connectivity index (χ2v) is 8.39. The summed E-state index contributed by atoms with van der Waals surface area (Å²) in [5, 5.41) is 18.2. The molecule has 1 spiro atoms. The number of nitrogens with one attached hydrogen (secondary N) is 2. The summed E-state index contributed by atoms with van der Waals surface area (Å²) < 4.78 is 7.85. The topological polar surface area (TPSA) is 94.0 Å². The van der Waals surface area contributed by atoms with Gasteiger partial charge in [-0.1, -0.05) is 18.2 Å². The molecule has 5 rings (SSSR count). The number of fused-ring (bicyclic) bond motifs is 2. The zero-order valence-electron chi connectivity index (χ0n) is 15.9. The van der Waals surface area contributed by atoms with Crippen molar-refractivity contribution in [2.75, 3.05) is 19.7 Å². The first-order chi connectivity index (χ1) is 14.3. The molecule has 1 aromatic carbocycles. The number of hydrogen-bond donors (Lipinski definition) is 2. The summed E-state index contributed by atoms with van der Waals surface area (Å²) in [6.45, 7) is 2.87. The molecule has 0 radical (unpaired) electrons. The van der Waals surface area contributed by atoms with Gasteiger partial charge in [0, 0.05) is 4.88 Å². The van der Waals surface area contributed by atoms with Crippen LogP contribution in [-0.2, 0) is 23.3 Å². The molecule has 0 saturated carbocycles. The fourth-order valence-electron chi connectivity index (χ4n) is 4.07. The number of para-hydroxylation sites is 1. The van der Waals surface area contributed by atoms with Crippen molar-refractivity contribution in [2.24, 2.45) is 0 Å². The quantitative estimate of drug-likeness (QED) is 0.681. The van der Waals surface area contributed by atoms with Gasteiger partial charge in [-0.2, -0.15) is 4.68 Å². The molecule has 0 aliphatic carbocycles. The minimum atomic E-state index is -0.223. The first-order valence-electron chi connectivity index (χ1n) is 9.84. The van der Waals surface area contributed by atoms with Gasteiger partial charge >= 0.3 is 0 Å². The molecule has 3 aromatic rings. The molecule has 2 aromatic heterocycles. The van der Waals surface area contributed by atoms with Gasteiger partial charge in [0.15, 0.2) is 5.82 Å². The number of nitrogens with zero attached hydrogens (tertiary/aromatic N) is 4. The maximum absolute atomic E-state index is 12.8. The van der Waals surface area contributed by atoms with Crippen LogP contribution in [0.3, 0.4) is 0 Å². The molecule has 1 amide bonds. The number of ether oxygens (including phenoxy) is 1. The Labute approximate surface area is 172 Å². The molecule has 2 aliphatic rings. The van der Waals surface area contributed by atoms with Crippen LogP contribution in [0, 0.1) is 0 Å². The van der Waals surface area contributed by atoms with Crippen LogP contribution in [0.1, 0.15) is 38.8 Å². The van der Waals surface area contributed by atoms with Crippen LogP contribution in [0.15, 0.2) is 36.4 Å². The van der Waals surface area contributed by atoms with E-state index in [1.165, 1.54) is 10.4 Å². The molecule has 0 atom stereocenters. The molecule has 29 heavy (non-hydrogen) atoms. The highest BCUT2D eigenvalue weighted by Crippen LogP contribution is 2.44. The van der Waals surface area contributed by atoms with Gasteiger partial charge in [0.2, 0.25) is 0 Å². The van der Waals surface area contributed by atoms with Crippen LogP contribution in [-0.4, -0.2) is 45.8 Å². The number of tetrazole rings is 1. The Bertz CT molecular complexity index is 1010. The van der Waals surface area contributed by atoms with Gasteiger partial charge in [-0.15, -0.1) is 16.4 Å². The lowest BCUT2D eigenvalue weighted by Gasteiger charge is -2.40. The number of aromatic nitrogens is 4. The van der Waals surface area contributed by atoms with E-state index in [1.54, 1.807) is 16.0 Å². The number of carbonyl (C=O) groups excluding carboxylic acids is 1. The Kier molecular flexibility index (Phi) is 4.86. The van der Waals surface area contributed by atoms with Crippen molar-refractivity contribution in [1.29, 1.82) is 0 Å². The van der Waals surface area contributed by atoms with E-state index in [1.807, 2.05) is 36.4 Å². The summed E-state index contributed by atoms with van der Waals surface area (Å²) in [5.41, 5.74) is 1.89. The number of carbonyl (C=O) groups is 1. The second kappa shape index (κ2) is 7.66. The average Bonchev–Trinajstić information content (AvgIpc) is 3.41. The molecular formula is C20H22N6O2S. The van der Waals surface area contributed by atoms with Gasteiger partial charge in [0.1, 0.15) is 5.60 Å². The predicted octanol–water partition coefficient (Wildman–Crippen LogP) is 1.81. The highest BCUT2D eigenvalue weighted by molar-refractivity contribution is 7.14. The maximum Gasteiger partial charge on any atom is 0.261 e. The van der Waals surface area contributed by atoms with Crippen LogP contribution in [0.25, 0.3) is 5.69 Å². The van der Waals surface area contributed by atoms with Crippen molar-refractivity contribution >= 4 is 17.2 Å². The lowest BCUT2D eigenvalue weighted by Crippen LogP contribution is -2.43. The number of benzene rings is 1. The van der Waals surface area contributed by atoms with Gasteiger partial charge in [0.25, 0.3) is 5.91 Å². The van der Waals surface area contributed by atoms with E-state index in [9.17, 15) is 4.79 Å². The zero-order chi connectivity index (χ0) is 19.7. The van der Waals surface area contributed by atoms with Crippen LogP contribution in [0.5, 0.6) is 0 Å². The molecular weight excluding hydrogens is 388 g/mol. The van der Waals surface area contributed by atoms with E-state index >= 15 is 0 Å². The maximum atomic E-state index is 12.8. The normalized spacial score (nSPS) is 17.8. The molecule has 0 unspecified atom stereocenters. The van der Waals surface area contributed by atoms with Crippen molar-refractivity contribution in [3.8, 4) is 5.69 Å². The second-order valence-electron chi connectivity index (χ2n) is 7.33.